The number of para-hydroxylation sites is 4. The Labute approximate surface area is 299 Å². The quantitative estimate of drug-likeness (QED) is 0.0608. The molecular formula is C39H49N8O4+. The molecule has 1 aliphatic heterocycles. The van der Waals surface area contributed by atoms with E-state index in [0.29, 0.717) is 79.0 Å². The second-order valence-corrected chi connectivity index (χ2v) is 11.7. The van der Waals surface area contributed by atoms with E-state index in [1.54, 1.807) is 0 Å². The molecule has 3 aromatic heterocycles. The van der Waals surface area contributed by atoms with Crippen molar-refractivity contribution >= 4 is 51.1 Å². The largest absolute Gasteiger partial charge is 0.380 e. The van der Waals surface area contributed by atoms with Gasteiger partial charge in [-0.15, -0.1) is 0 Å². The summed E-state index contributed by atoms with van der Waals surface area (Å²) in [5, 5.41) is 0. The number of hydrogen-bond donors (Lipinski definition) is 0. The second-order valence-electron chi connectivity index (χ2n) is 11.7. The first-order chi connectivity index (χ1) is 25.2. The van der Waals surface area contributed by atoms with Crippen LogP contribution in [0.1, 0.15) is 33.5 Å². The highest BCUT2D eigenvalue weighted by Crippen LogP contribution is 2.39. The van der Waals surface area contributed by atoms with Gasteiger partial charge in [0.05, 0.1) is 50.6 Å². The first kappa shape index (κ1) is 36.1. The van der Waals surface area contributed by atoms with Crippen molar-refractivity contribution in [1.29, 1.82) is 0 Å². The lowest BCUT2D eigenvalue weighted by Crippen LogP contribution is -2.39. The number of imidazole rings is 1. The Hall–Kier alpha value is -4.75. The molecule has 0 atom stereocenters. The van der Waals surface area contributed by atoms with E-state index in [0.717, 1.165) is 56.6 Å². The highest BCUT2D eigenvalue weighted by Gasteiger charge is 2.34. The molecule has 6 rings (SSSR count). The van der Waals surface area contributed by atoms with E-state index in [1.165, 1.54) is 0 Å². The number of benzene rings is 2. The van der Waals surface area contributed by atoms with E-state index in [4.69, 9.17) is 38.9 Å². The molecule has 0 unspecified atom stereocenters. The van der Waals surface area contributed by atoms with E-state index < -0.39 is 0 Å². The molecule has 0 bridgehead atoms. The van der Waals surface area contributed by atoms with Crippen LogP contribution in [0.3, 0.4) is 0 Å². The average Bonchev–Trinajstić information content (AvgIpc) is 3.59. The van der Waals surface area contributed by atoms with Crippen LogP contribution in [-0.4, -0.2) is 90.4 Å². The smallest absolute Gasteiger partial charge is 0.323 e. The molecule has 0 radical (unpaired) electrons. The van der Waals surface area contributed by atoms with Gasteiger partial charge in [-0.3, -0.25) is 0 Å². The van der Waals surface area contributed by atoms with E-state index in [1.807, 2.05) is 82.3 Å². The van der Waals surface area contributed by atoms with Crippen LogP contribution in [0, 0.1) is 0 Å². The second kappa shape index (κ2) is 18.0. The van der Waals surface area contributed by atoms with Crippen LogP contribution in [0.15, 0.2) is 78.7 Å². The van der Waals surface area contributed by atoms with Crippen molar-refractivity contribution < 1.29 is 23.5 Å². The first-order valence-electron chi connectivity index (χ1n) is 18.0. The van der Waals surface area contributed by atoms with E-state index in [2.05, 4.69) is 43.2 Å². The van der Waals surface area contributed by atoms with Crippen LogP contribution < -0.4 is 14.4 Å². The Kier molecular flexibility index (Phi) is 12.7. The van der Waals surface area contributed by atoms with Crippen molar-refractivity contribution in [2.75, 3.05) is 75.7 Å². The van der Waals surface area contributed by atoms with Gasteiger partial charge in [0.15, 0.2) is 17.2 Å². The van der Waals surface area contributed by atoms with Gasteiger partial charge in [-0.05, 0) is 58.0 Å². The summed E-state index contributed by atoms with van der Waals surface area (Å²) < 4.78 is 27.6. The first-order valence-corrected chi connectivity index (χ1v) is 18.0. The molecule has 4 heterocycles. The molecule has 0 saturated heterocycles. The van der Waals surface area contributed by atoms with Crippen molar-refractivity contribution in [3.8, 4) is 0 Å². The predicted octanol–water partition coefficient (Wildman–Crippen LogP) is 5.70. The molecule has 2 aromatic carbocycles. The predicted molar refractivity (Wildman–Crippen MR) is 202 cm³/mol. The van der Waals surface area contributed by atoms with Gasteiger partial charge in [-0.2, -0.15) is 0 Å². The summed E-state index contributed by atoms with van der Waals surface area (Å²) in [4.78, 5) is 24.6. The lowest BCUT2D eigenvalue weighted by Gasteiger charge is -2.24. The number of nitrogens with zero attached hydrogens (tertiary/aromatic N) is 8. The van der Waals surface area contributed by atoms with Crippen molar-refractivity contribution in [1.82, 2.24) is 24.5 Å². The molecule has 5 aromatic rings. The van der Waals surface area contributed by atoms with Gasteiger partial charge in [0, 0.05) is 45.6 Å². The van der Waals surface area contributed by atoms with Crippen LogP contribution in [0.5, 0.6) is 0 Å². The number of rotatable bonds is 19. The molecule has 12 nitrogen and oxygen atoms in total. The van der Waals surface area contributed by atoms with Crippen LogP contribution in [0.4, 0.5) is 11.6 Å². The minimum atomic E-state index is 0.565. The lowest BCUT2D eigenvalue weighted by molar-refractivity contribution is -0.677. The molecule has 0 amide bonds. The van der Waals surface area contributed by atoms with E-state index >= 15 is 0 Å². The van der Waals surface area contributed by atoms with Crippen molar-refractivity contribution in [3.63, 3.8) is 0 Å². The minimum Gasteiger partial charge on any atom is -0.380 e. The summed E-state index contributed by atoms with van der Waals surface area (Å²) in [7, 11) is 0. The molecule has 0 aliphatic carbocycles. The molecule has 0 N–H and O–H groups in total. The maximum atomic E-state index is 5.79. The van der Waals surface area contributed by atoms with Gasteiger partial charge in [0.1, 0.15) is 11.3 Å². The Morgan fingerprint density at radius 1 is 0.588 bits per heavy atom. The summed E-state index contributed by atoms with van der Waals surface area (Å²) in [6.45, 7) is 15.5. The number of aromatic nitrogens is 6. The molecular weight excluding hydrogens is 644 g/mol. The number of anilines is 2. The van der Waals surface area contributed by atoms with Crippen molar-refractivity contribution in [2.24, 2.45) is 0 Å². The molecule has 268 valence electrons. The monoisotopic (exact) mass is 693 g/mol. The lowest BCUT2D eigenvalue weighted by atomic mass is 10.3. The summed E-state index contributed by atoms with van der Waals surface area (Å²) in [6.07, 6.45) is 10.4. The molecule has 0 spiro atoms. The Balaban J connectivity index is 1.37. The molecule has 51 heavy (non-hydrogen) atoms. The van der Waals surface area contributed by atoms with Crippen molar-refractivity contribution in [2.45, 2.75) is 40.8 Å². The Morgan fingerprint density at radius 3 is 1.67 bits per heavy atom. The standard InChI is InChI=1S/C39H49N8O4/c1-5-48-26-22-44-34(45(23-27-49-6-2)37-36(44)40-30-16-12-13-17-31(30)41-37)20-10-9-11-21-35-46(24-28-50-7-3)38-39(47(35)25-29-51-8-4)43-33-19-15-14-18-32(33)42-38/h9-21H,5-8,22-29H2,1-4H3/q+1. The van der Waals surface area contributed by atoms with Crippen molar-refractivity contribution in [3.05, 3.63) is 84.5 Å². The summed E-state index contributed by atoms with van der Waals surface area (Å²) in [6, 6.07) is 16.0. The van der Waals surface area contributed by atoms with Gasteiger partial charge >= 0.3 is 5.65 Å². The van der Waals surface area contributed by atoms with Crippen LogP contribution >= 0.6 is 0 Å². The average molecular weight is 694 g/mol. The van der Waals surface area contributed by atoms with Gasteiger partial charge in [0.25, 0.3) is 5.65 Å². The number of ether oxygens (including phenoxy) is 4. The van der Waals surface area contributed by atoms with E-state index in [-0.39, 0.29) is 0 Å². The zero-order valence-electron chi connectivity index (χ0n) is 30.2. The third kappa shape index (κ3) is 8.26. The number of hydrogen-bond acceptors (Lipinski definition) is 10. The van der Waals surface area contributed by atoms with Gasteiger partial charge < -0.3 is 28.7 Å². The molecule has 1 aliphatic rings. The highest BCUT2D eigenvalue weighted by atomic mass is 16.5. The third-order valence-electron chi connectivity index (χ3n) is 8.56. The highest BCUT2D eigenvalue weighted by molar-refractivity contribution is 5.86. The Morgan fingerprint density at radius 2 is 1.10 bits per heavy atom. The number of allylic oxidation sites excluding steroid dienone is 4. The van der Waals surface area contributed by atoms with Gasteiger partial charge in [-0.25, -0.2) is 24.1 Å². The summed E-state index contributed by atoms with van der Waals surface area (Å²) >= 11 is 0. The zero-order valence-corrected chi connectivity index (χ0v) is 30.2. The summed E-state index contributed by atoms with van der Waals surface area (Å²) in [5.74, 6) is 3.59. The fraction of sp³-hybridized carbons (Fsp3) is 0.410. The summed E-state index contributed by atoms with van der Waals surface area (Å²) in [5.41, 5.74) is 5.07. The normalized spacial score (nSPS) is 13.3. The van der Waals surface area contributed by atoms with Gasteiger partial charge in [-0.1, -0.05) is 47.5 Å². The van der Waals surface area contributed by atoms with Crippen LogP contribution in [0.2, 0.25) is 0 Å². The maximum Gasteiger partial charge on any atom is 0.323 e. The minimum absolute atomic E-state index is 0.565. The molecule has 0 saturated carbocycles. The molecule has 12 heteroatoms. The maximum absolute atomic E-state index is 5.79. The SMILES string of the molecule is CCOCCN1C(=C/C=C/C=C/c2n(CCOCC)c3nc4ccccc4nc3[n+]2CCOCC)N(CCOCC)c2nc3ccccc3nc21. The fourth-order valence-electron chi connectivity index (χ4n) is 6.20. The van der Waals surface area contributed by atoms with Gasteiger partial charge in [0.2, 0.25) is 5.82 Å². The third-order valence-corrected chi connectivity index (χ3v) is 8.56. The molecule has 0 fully saturated rings. The fourth-order valence-corrected chi connectivity index (χ4v) is 6.20. The van der Waals surface area contributed by atoms with Crippen LogP contribution in [-0.2, 0) is 32.0 Å². The zero-order chi connectivity index (χ0) is 35.4. The topological polar surface area (TPSA) is 104 Å². The number of fused-ring (bicyclic) bond motifs is 4. The Bertz CT molecular complexity index is 1880. The van der Waals surface area contributed by atoms with E-state index in [9.17, 15) is 0 Å². The van der Waals surface area contributed by atoms with Crippen LogP contribution in [0.25, 0.3) is 39.4 Å².